The van der Waals surface area contributed by atoms with Gasteiger partial charge in [0.15, 0.2) is 6.29 Å². The van der Waals surface area contributed by atoms with Crippen molar-refractivity contribution >= 4 is 5.97 Å². The Hall–Kier alpha value is -1.65. The molecule has 0 aromatic heterocycles. The van der Waals surface area contributed by atoms with E-state index in [1.165, 1.54) is 5.57 Å². The highest BCUT2D eigenvalue weighted by Crippen LogP contribution is 2.36. The van der Waals surface area contributed by atoms with Crippen LogP contribution >= 0.6 is 0 Å². The molecule has 3 rings (SSSR count). The largest absolute Gasteiger partial charge is 0.454 e. The summed E-state index contributed by atoms with van der Waals surface area (Å²) in [5, 5.41) is 10.0. The summed E-state index contributed by atoms with van der Waals surface area (Å²) >= 11 is 0. The Morgan fingerprint density at radius 1 is 1.21 bits per heavy atom. The maximum atomic E-state index is 12.0. The molecule has 0 amide bonds. The van der Waals surface area contributed by atoms with Crippen LogP contribution in [0, 0.1) is 5.92 Å². The summed E-state index contributed by atoms with van der Waals surface area (Å²) < 4.78 is 11.1. The zero-order valence-corrected chi connectivity index (χ0v) is 14.5. The number of rotatable bonds is 0. The lowest BCUT2D eigenvalue weighted by molar-refractivity contribution is -0.139. The first-order valence-electron chi connectivity index (χ1n) is 8.71. The molecule has 4 nitrogen and oxygen atoms in total. The third kappa shape index (κ3) is 3.70. The molecule has 1 aliphatic carbocycles. The van der Waals surface area contributed by atoms with Gasteiger partial charge in [-0.25, -0.2) is 4.79 Å². The van der Waals surface area contributed by atoms with Crippen molar-refractivity contribution in [2.75, 3.05) is 0 Å². The fraction of sp³-hybridized carbons (Fsp3) is 0.550. The van der Waals surface area contributed by atoms with Gasteiger partial charge >= 0.3 is 5.97 Å². The molecule has 0 saturated carbocycles. The van der Waals surface area contributed by atoms with E-state index in [1.807, 2.05) is 13.0 Å². The van der Waals surface area contributed by atoms with Gasteiger partial charge in [0.25, 0.3) is 0 Å². The van der Waals surface area contributed by atoms with Gasteiger partial charge in [-0.2, -0.15) is 0 Å². The van der Waals surface area contributed by atoms with E-state index in [1.54, 1.807) is 0 Å². The first-order chi connectivity index (χ1) is 11.4. The van der Waals surface area contributed by atoms with E-state index in [2.05, 4.69) is 25.7 Å². The van der Waals surface area contributed by atoms with Gasteiger partial charge in [0.1, 0.15) is 6.10 Å². The second kappa shape index (κ2) is 7.08. The van der Waals surface area contributed by atoms with E-state index in [-0.39, 0.29) is 24.1 Å². The molecule has 0 aromatic rings. The number of ether oxygens (including phenoxy) is 2. The normalized spacial score (nSPS) is 39.0. The quantitative estimate of drug-likeness (QED) is 0.545. The molecule has 130 valence electrons. The molecule has 2 bridgehead atoms. The average molecular weight is 330 g/mol. The zero-order chi connectivity index (χ0) is 17.3. The smallest absolute Gasteiger partial charge is 0.334 e. The van der Waals surface area contributed by atoms with Crippen molar-refractivity contribution in [2.24, 2.45) is 5.92 Å². The molecule has 0 aromatic carbocycles. The van der Waals surface area contributed by atoms with Crippen LogP contribution in [-0.4, -0.2) is 29.6 Å². The number of hydrogen-bond acceptors (Lipinski definition) is 4. The molecule has 2 aliphatic heterocycles. The van der Waals surface area contributed by atoms with Gasteiger partial charge in [0, 0.05) is 17.9 Å². The molecule has 3 aliphatic rings. The van der Waals surface area contributed by atoms with E-state index in [4.69, 9.17) is 9.47 Å². The van der Waals surface area contributed by atoms with Crippen LogP contribution in [0.5, 0.6) is 0 Å². The number of aliphatic hydroxyl groups excluding tert-OH is 1. The minimum atomic E-state index is -0.889. The molecule has 4 heteroatoms. The first kappa shape index (κ1) is 17.2. The highest BCUT2D eigenvalue weighted by molar-refractivity contribution is 5.90. The monoisotopic (exact) mass is 330 g/mol. The molecular formula is C20H26O4. The number of carbonyl (C=O) groups is 1. The van der Waals surface area contributed by atoms with E-state index in [0.717, 1.165) is 42.4 Å². The van der Waals surface area contributed by atoms with Gasteiger partial charge < -0.3 is 14.6 Å². The summed E-state index contributed by atoms with van der Waals surface area (Å²) in [4.78, 5) is 12.0. The number of allylic oxidation sites excluding steroid dienone is 2. The van der Waals surface area contributed by atoms with E-state index < -0.39 is 6.29 Å². The summed E-state index contributed by atoms with van der Waals surface area (Å²) in [5.74, 6) is -0.0639. The second-order valence-electron chi connectivity index (χ2n) is 7.12. The van der Waals surface area contributed by atoms with Crippen LogP contribution in [0.1, 0.15) is 46.0 Å². The van der Waals surface area contributed by atoms with Crippen molar-refractivity contribution in [2.45, 2.75) is 64.4 Å². The SMILES string of the molecule is C=C1C(O)O[C@H]2/C=C(\C)CC3C=C(CC/C=C(\C)CC[C@H]12)C(=O)O3. The number of fused-ring (bicyclic) bond motifs is 2. The standard InChI is InChI=1S/C20H26O4/c1-12-5-4-6-15-11-16(23-20(15)22)9-13(2)10-18-17(8-7-12)14(3)19(21)24-18/h5,10-11,16-19,21H,3-4,6-9H2,1-2H3/b12-5+,13-10+/t16?,17-,18+,19?/m1/s1. The average Bonchev–Trinajstić information content (AvgIpc) is 2.97. The summed E-state index contributed by atoms with van der Waals surface area (Å²) in [6, 6.07) is 0. The zero-order valence-electron chi connectivity index (χ0n) is 14.5. The minimum Gasteiger partial charge on any atom is -0.454 e. The van der Waals surface area contributed by atoms with Crippen molar-refractivity contribution in [3.8, 4) is 0 Å². The van der Waals surface area contributed by atoms with Crippen molar-refractivity contribution < 1.29 is 19.4 Å². The van der Waals surface area contributed by atoms with Crippen molar-refractivity contribution in [1.82, 2.24) is 0 Å². The summed E-state index contributed by atoms with van der Waals surface area (Å²) in [6.07, 6.45) is 9.05. The van der Waals surface area contributed by atoms with Gasteiger partial charge in [-0.05, 0) is 51.2 Å². The van der Waals surface area contributed by atoms with Crippen molar-refractivity contribution in [3.05, 3.63) is 47.1 Å². The van der Waals surface area contributed by atoms with Gasteiger partial charge in [0.05, 0.1) is 6.10 Å². The fourth-order valence-electron chi connectivity index (χ4n) is 3.68. The summed E-state index contributed by atoms with van der Waals surface area (Å²) in [6.45, 7) is 8.15. The molecule has 2 unspecified atom stereocenters. The van der Waals surface area contributed by atoms with E-state index in [9.17, 15) is 9.90 Å². The van der Waals surface area contributed by atoms with Crippen LogP contribution in [0.4, 0.5) is 0 Å². The maximum Gasteiger partial charge on any atom is 0.334 e. The fourth-order valence-corrected chi connectivity index (χ4v) is 3.68. The third-order valence-corrected chi connectivity index (χ3v) is 5.11. The minimum absolute atomic E-state index is 0.124. The highest BCUT2D eigenvalue weighted by atomic mass is 16.6. The molecule has 1 N–H and O–H groups in total. The maximum absolute atomic E-state index is 12.0. The molecule has 1 saturated heterocycles. The molecule has 0 radical (unpaired) electrons. The van der Waals surface area contributed by atoms with Crippen molar-refractivity contribution in [3.63, 3.8) is 0 Å². The molecule has 4 atom stereocenters. The van der Waals surface area contributed by atoms with Crippen LogP contribution in [-0.2, 0) is 14.3 Å². The third-order valence-electron chi connectivity index (χ3n) is 5.11. The number of aliphatic hydroxyl groups is 1. The van der Waals surface area contributed by atoms with Crippen LogP contribution in [0.25, 0.3) is 0 Å². The predicted molar refractivity (Wildman–Crippen MR) is 92.1 cm³/mol. The van der Waals surface area contributed by atoms with Gasteiger partial charge in [-0.15, -0.1) is 0 Å². The Labute approximate surface area is 143 Å². The Bertz CT molecular complexity index is 626. The Morgan fingerprint density at radius 3 is 2.79 bits per heavy atom. The van der Waals surface area contributed by atoms with Gasteiger partial charge in [0.2, 0.25) is 0 Å². The Balaban J connectivity index is 1.85. The van der Waals surface area contributed by atoms with Crippen LogP contribution in [0.2, 0.25) is 0 Å². The molecule has 24 heavy (non-hydrogen) atoms. The number of carbonyl (C=O) groups excluding carboxylic acids is 1. The molecule has 0 spiro atoms. The van der Waals surface area contributed by atoms with Gasteiger partial charge in [-0.3, -0.25) is 0 Å². The van der Waals surface area contributed by atoms with Crippen LogP contribution in [0.3, 0.4) is 0 Å². The molecule has 2 heterocycles. The topological polar surface area (TPSA) is 55.8 Å². The van der Waals surface area contributed by atoms with Crippen LogP contribution in [0.15, 0.2) is 47.1 Å². The summed E-state index contributed by atoms with van der Waals surface area (Å²) in [7, 11) is 0. The molecule has 1 fully saturated rings. The first-order valence-corrected chi connectivity index (χ1v) is 8.71. The number of hydrogen-bond donors (Lipinski definition) is 1. The summed E-state index contributed by atoms with van der Waals surface area (Å²) in [5.41, 5.74) is 3.95. The highest BCUT2D eigenvalue weighted by Gasteiger charge is 2.36. The van der Waals surface area contributed by atoms with E-state index >= 15 is 0 Å². The Kier molecular flexibility index (Phi) is 5.07. The second-order valence-corrected chi connectivity index (χ2v) is 7.12. The lowest BCUT2D eigenvalue weighted by Crippen LogP contribution is -2.16. The molecular weight excluding hydrogens is 304 g/mol. The van der Waals surface area contributed by atoms with E-state index in [0.29, 0.717) is 6.42 Å². The predicted octanol–water partition coefficient (Wildman–Crippen LogP) is 3.58. The van der Waals surface area contributed by atoms with Crippen LogP contribution < -0.4 is 0 Å². The lowest BCUT2D eigenvalue weighted by Gasteiger charge is -2.17. The van der Waals surface area contributed by atoms with Crippen molar-refractivity contribution in [1.29, 1.82) is 0 Å². The number of esters is 1. The van der Waals surface area contributed by atoms with Gasteiger partial charge in [-0.1, -0.05) is 29.9 Å². The Morgan fingerprint density at radius 2 is 2.00 bits per heavy atom. The lowest BCUT2D eigenvalue weighted by atomic mass is 9.88.